The number of hydrogen-bond donors (Lipinski definition) is 2. The third-order valence-electron chi connectivity index (χ3n) is 4.77. The maximum atomic E-state index is 11.9. The van der Waals surface area contributed by atoms with Crippen LogP contribution in [0.25, 0.3) is 0 Å². The second-order valence-corrected chi connectivity index (χ2v) is 8.42. The second kappa shape index (κ2) is 11.4. The summed E-state index contributed by atoms with van der Waals surface area (Å²) in [6.07, 6.45) is -4.17. The van der Waals surface area contributed by atoms with E-state index >= 15 is 0 Å². The average molecular weight is 516 g/mol. The number of esters is 1. The van der Waals surface area contributed by atoms with Crippen molar-refractivity contribution < 1.29 is 34.0 Å². The molecule has 1 aliphatic heterocycles. The number of ether oxygens (including phenoxy) is 4. The molecule has 7 nitrogen and oxygen atoms in total. The Hall–Kier alpha value is -1.52. The summed E-state index contributed by atoms with van der Waals surface area (Å²) in [5.41, 5.74) is 1.74. The van der Waals surface area contributed by atoms with Crippen molar-refractivity contribution in [2.75, 3.05) is 12.5 Å². The summed E-state index contributed by atoms with van der Waals surface area (Å²) >= 11 is 8.75. The molecule has 168 valence electrons. The molecule has 0 aliphatic carbocycles. The number of aliphatic hydroxyl groups is 2. The van der Waals surface area contributed by atoms with Crippen molar-refractivity contribution in [3.8, 4) is 0 Å². The second-order valence-electron chi connectivity index (χ2n) is 7.01. The van der Waals surface area contributed by atoms with Gasteiger partial charge in [0.2, 0.25) is 0 Å². The van der Waals surface area contributed by atoms with Gasteiger partial charge in [-0.3, -0.25) is 4.79 Å². The Morgan fingerprint density at radius 2 is 1.55 bits per heavy atom. The predicted molar refractivity (Wildman–Crippen MR) is 116 cm³/mol. The van der Waals surface area contributed by atoms with Gasteiger partial charge in [0.25, 0.3) is 4.70 Å². The van der Waals surface area contributed by atoms with E-state index in [2.05, 4.69) is 15.9 Å². The minimum atomic E-state index is -1.99. The largest absolute Gasteiger partial charge is 0.456 e. The Labute approximate surface area is 194 Å². The van der Waals surface area contributed by atoms with Crippen molar-refractivity contribution in [1.82, 2.24) is 0 Å². The molecule has 1 saturated heterocycles. The summed E-state index contributed by atoms with van der Waals surface area (Å²) in [4.78, 5) is 11.9. The van der Waals surface area contributed by atoms with E-state index in [1.165, 1.54) is 0 Å². The monoisotopic (exact) mass is 514 g/mol. The van der Waals surface area contributed by atoms with Crippen LogP contribution in [0.15, 0.2) is 60.7 Å². The maximum Gasteiger partial charge on any atom is 0.321 e. The number of halogens is 2. The SMILES string of the molecule is O=C(CCl)O[C@H]1[C@H](OCc2ccccc2)[C@@H](OCc2ccccc2)[C@](O)(Br)O[C@@H]1CO. The number of benzene rings is 2. The summed E-state index contributed by atoms with van der Waals surface area (Å²) in [7, 11) is 0. The van der Waals surface area contributed by atoms with Crippen LogP contribution in [-0.2, 0) is 37.0 Å². The minimum Gasteiger partial charge on any atom is -0.456 e. The number of rotatable bonds is 9. The highest BCUT2D eigenvalue weighted by atomic mass is 79.9. The van der Waals surface area contributed by atoms with Crippen molar-refractivity contribution in [3.63, 3.8) is 0 Å². The molecule has 1 heterocycles. The number of alkyl halides is 2. The molecule has 0 amide bonds. The van der Waals surface area contributed by atoms with E-state index in [-0.39, 0.29) is 19.1 Å². The van der Waals surface area contributed by atoms with Gasteiger partial charge >= 0.3 is 5.97 Å². The first kappa shape index (κ1) is 24.1. The zero-order chi connectivity index (χ0) is 22.3. The molecule has 2 N–H and O–H groups in total. The minimum absolute atomic E-state index is 0.147. The van der Waals surface area contributed by atoms with E-state index in [0.717, 1.165) is 11.1 Å². The lowest BCUT2D eigenvalue weighted by atomic mass is 9.98. The number of hydrogen-bond acceptors (Lipinski definition) is 7. The first-order valence-electron chi connectivity index (χ1n) is 9.71. The molecule has 0 spiro atoms. The van der Waals surface area contributed by atoms with Crippen LogP contribution in [0.4, 0.5) is 0 Å². The van der Waals surface area contributed by atoms with E-state index in [1.807, 2.05) is 60.7 Å². The first-order valence-corrected chi connectivity index (χ1v) is 11.0. The third-order valence-corrected chi connectivity index (χ3v) is 5.63. The lowest BCUT2D eigenvalue weighted by Crippen LogP contribution is -2.65. The van der Waals surface area contributed by atoms with Crippen molar-refractivity contribution in [1.29, 1.82) is 0 Å². The van der Waals surface area contributed by atoms with Gasteiger partial charge in [-0.25, -0.2) is 0 Å². The van der Waals surface area contributed by atoms with Gasteiger partial charge in [0, 0.05) is 0 Å². The van der Waals surface area contributed by atoms with Gasteiger partial charge in [0.05, 0.1) is 19.8 Å². The van der Waals surface area contributed by atoms with Crippen molar-refractivity contribution in [2.45, 2.75) is 42.3 Å². The summed E-state index contributed by atoms with van der Waals surface area (Å²) in [5.74, 6) is -1.09. The third kappa shape index (κ3) is 6.49. The van der Waals surface area contributed by atoms with Crippen LogP contribution < -0.4 is 0 Å². The molecule has 1 fully saturated rings. The normalized spacial score (nSPS) is 28.3. The van der Waals surface area contributed by atoms with Crippen LogP contribution in [0.2, 0.25) is 0 Å². The Balaban J connectivity index is 1.86. The van der Waals surface area contributed by atoms with Crippen LogP contribution >= 0.6 is 27.5 Å². The number of aliphatic hydroxyl groups excluding tert-OH is 1. The predicted octanol–water partition coefficient (Wildman–Crippen LogP) is 2.74. The summed E-state index contributed by atoms with van der Waals surface area (Å²) in [6.45, 7) is -0.217. The molecular weight excluding hydrogens is 492 g/mol. The lowest BCUT2D eigenvalue weighted by molar-refractivity contribution is -0.322. The number of carbonyl (C=O) groups excluding carboxylic acids is 1. The fraction of sp³-hybridized carbons (Fsp3) is 0.409. The molecule has 0 radical (unpaired) electrons. The van der Waals surface area contributed by atoms with Crippen LogP contribution in [0.1, 0.15) is 11.1 Å². The van der Waals surface area contributed by atoms with Gasteiger partial charge in [-0.1, -0.05) is 60.7 Å². The van der Waals surface area contributed by atoms with E-state index in [1.54, 1.807) is 0 Å². The molecule has 1 aliphatic rings. The number of carbonyl (C=O) groups is 1. The van der Waals surface area contributed by atoms with Crippen molar-refractivity contribution >= 4 is 33.5 Å². The van der Waals surface area contributed by atoms with E-state index in [0.29, 0.717) is 0 Å². The van der Waals surface area contributed by atoms with Crippen LogP contribution in [0.3, 0.4) is 0 Å². The van der Waals surface area contributed by atoms with Gasteiger partial charge in [0.15, 0.2) is 12.2 Å². The molecule has 0 aromatic heterocycles. The molecule has 0 bridgehead atoms. The molecule has 0 unspecified atom stereocenters. The van der Waals surface area contributed by atoms with Crippen molar-refractivity contribution in [3.05, 3.63) is 71.8 Å². The molecule has 2 aromatic carbocycles. The van der Waals surface area contributed by atoms with Gasteiger partial charge in [-0.15, -0.1) is 11.6 Å². The smallest absolute Gasteiger partial charge is 0.321 e. The van der Waals surface area contributed by atoms with Crippen LogP contribution in [-0.4, -0.2) is 57.8 Å². The lowest BCUT2D eigenvalue weighted by Gasteiger charge is -2.47. The molecule has 5 atom stereocenters. The summed E-state index contributed by atoms with van der Waals surface area (Å²) < 4.78 is 21.0. The van der Waals surface area contributed by atoms with Crippen molar-refractivity contribution in [2.24, 2.45) is 0 Å². The van der Waals surface area contributed by atoms with Crippen LogP contribution in [0, 0.1) is 0 Å². The molecular formula is C22H24BrClO7. The fourth-order valence-corrected chi connectivity index (χ4v) is 4.00. The maximum absolute atomic E-state index is 11.9. The Kier molecular flexibility index (Phi) is 8.85. The molecule has 2 aromatic rings. The summed E-state index contributed by atoms with van der Waals surface area (Å²) in [6, 6.07) is 18.7. The first-order chi connectivity index (χ1) is 14.9. The molecule has 9 heteroatoms. The Morgan fingerprint density at radius 3 is 2.06 bits per heavy atom. The summed E-state index contributed by atoms with van der Waals surface area (Å²) in [5, 5.41) is 20.7. The zero-order valence-corrected chi connectivity index (χ0v) is 18.9. The van der Waals surface area contributed by atoms with Gasteiger partial charge in [-0.2, -0.15) is 0 Å². The van der Waals surface area contributed by atoms with Gasteiger partial charge in [0.1, 0.15) is 18.1 Å². The van der Waals surface area contributed by atoms with Gasteiger partial charge < -0.3 is 29.2 Å². The quantitative estimate of drug-likeness (QED) is 0.392. The zero-order valence-electron chi connectivity index (χ0n) is 16.6. The fourth-order valence-electron chi connectivity index (χ4n) is 3.31. The Bertz CT molecular complexity index is 821. The van der Waals surface area contributed by atoms with Crippen LogP contribution in [0.5, 0.6) is 0 Å². The Morgan fingerprint density at radius 1 is 1.00 bits per heavy atom. The highest BCUT2D eigenvalue weighted by Crippen LogP contribution is 2.38. The van der Waals surface area contributed by atoms with E-state index < -0.39 is 41.7 Å². The molecule has 3 rings (SSSR count). The highest BCUT2D eigenvalue weighted by Gasteiger charge is 2.56. The van der Waals surface area contributed by atoms with E-state index in [4.69, 9.17) is 30.5 Å². The van der Waals surface area contributed by atoms with E-state index in [9.17, 15) is 15.0 Å². The molecule has 31 heavy (non-hydrogen) atoms. The standard InChI is InChI=1S/C22H24BrClO7/c23-22(27)21(29-14-16-9-5-2-6-10-16)20(28-13-15-7-3-1-4-8-15)19(17(12-25)31-22)30-18(26)11-24/h1-10,17,19-21,25,27H,11-14H2/t17-,19-,20+,21-,22-/m1/s1. The highest BCUT2D eigenvalue weighted by molar-refractivity contribution is 9.10. The van der Waals surface area contributed by atoms with Gasteiger partial charge in [-0.05, 0) is 27.1 Å². The topological polar surface area (TPSA) is 94.5 Å². The average Bonchev–Trinajstić information content (AvgIpc) is 2.79. The molecule has 0 saturated carbocycles.